The van der Waals surface area contributed by atoms with Crippen LogP contribution in [-0.2, 0) is 14.3 Å². The second kappa shape index (κ2) is 9.10. The molecule has 0 saturated carbocycles. The van der Waals surface area contributed by atoms with Crippen molar-refractivity contribution in [3.05, 3.63) is 70.2 Å². The fourth-order valence-electron chi connectivity index (χ4n) is 2.07. The summed E-state index contributed by atoms with van der Waals surface area (Å²) >= 11 is 3.35. The summed E-state index contributed by atoms with van der Waals surface area (Å²) in [6.45, 7) is 2.96. The average molecular weight is 416 g/mol. The molecule has 2 aromatic carbocycles. The van der Waals surface area contributed by atoms with Crippen LogP contribution in [0.3, 0.4) is 0 Å². The first-order valence-electron chi connectivity index (χ1n) is 7.91. The molecule has 0 radical (unpaired) electrons. The van der Waals surface area contributed by atoms with Crippen LogP contribution in [0.25, 0.3) is 6.08 Å². The number of Topliss-reactive ketones (excluding diaryl/α,β-unsaturated/α-hetero) is 1. The number of carbonyl (C=O) groups is 3. The Morgan fingerprint density at radius 1 is 1.12 bits per heavy atom. The quantitative estimate of drug-likeness (QED) is 0.435. The van der Waals surface area contributed by atoms with Gasteiger partial charge in [-0.15, -0.1) is 0 Å². The third-order valence-corrected chi connectivity index (χ3v) is 3.97. The minimum Gasteiger partial charge on any atom is -0.449 e. The zero-order valence-electron chi connectivity index (χ0n) is 14.4. The molecule has 5 nitrogen and oxygen atoms in total. The van der Waals surface area contributed by atoms with Gasteiger partial charge in [0.15, 0.2) is 11.9 Å². The zero-order valence-corrected chi connectivity index (χ0v) is 15.9. The van der Waals surface area contributed by atoms with Crippen molar-refractivity contribution in [2.24, 2.45) is 0 Å². The topological polar surface area (TPSA) is 72.5 Å². The van der Waals surface area contributed by atoms with Crippen molar-refractivity contribution in [3.63, 3.8) is 0 Å². The molecular weight excluding hydrogens is 398 g/mol. The normalized spacial score (nSPS) is 11.8. The number of hydrogen-bond donors (Lipinski definition) is 1. The van der Waals surface area contributed by atoms with Crippen LogP contribution in [-0.4, -0.2) is 23.8 Å². The number of nitrogens with one attached hydrogen (secondary N) is 1. The minimum absolute atomic E-state index is 0.0533. The number of rotatable bonds is 6. The smallest absolute Gasteiger partial charge is 0.331 e. The molecule has 0 heterocycles. The maximum Gasteiger partial charge on any atom is 0.331 e. The number of ether oxygens (including phenoxy) is 1. The van der Waals surface area contributed by atoms with Crippen LogP contribution >= 0.6 is 15.9 Å². The summed E-state index contributed by atoms with van der Waals surface area (Å²) in [6, 6.07) is 13.9. The summed E-state index contributed by atoms with van der Waals surface area (Å²) in [6.07, 6.45) is 1.92. The van der Waals surface area contributed by atoms with Crippen molar-refractivity contribution in [2.75, 3.05) is 5.32 Å². The molecule has 1 atom stereocenters. The number of halogens is 1. The van der Waals surface area contributed by atoms with E-state index in [1.54, 1.807) is 30.3 Å². The number of benzene rings is 2. The van der Waals surface area contributed by atoms with Gasteiger partial charge < -0.3 is 10.1 Å². The van der Waals surface area contributed by atoms with Crippen molar-refractivity contribution in [1.29, 1.82) is 0 Å². The van der Waals surface area contributed by atoms with E-state index in [4.69, 9.17) is 4.74 Å². The number of ketones is 1. The predicted octanol–water partition coefficient (Wildman–Crippen LogP) is 4.24. The molecule has 26 heavy (non-hydrogen) atoms. The predicted molar refractivity (Wildman–Crippen MR) is 104 cm³/mol. The van der Waals surface area contributed by atoms with Gasteiger partial charge in [-0.3, -0.25) is 9.59 Å². The number of anilines is 1. The summed E-state index contributed by atoms with van der Waals surface area (Å²) in [5.41, 5.74) is 1.91. The lowest BCUT2D eigenvalue weighted by Crippen LogP contribution is -2.29. The van der Waals surface area contributed by atoms with Gasteiger partial charge in [0, 0.05) is 21.8 Å². The minimum atomic E-state index is -0.956. The molecule has 0 aliphatic carbocycles. The van der Waals surface area contributed by atoms with Crippen molar-refractivity contribution < 1.29 is 19.1 Å². The van der Waals surface area contributed by atoms with E-state index in [9.17, 15) is 14.4 Å². The van der Waals surface area contributed by atoms with Gasteiger partial charge >= 0.3 is 5.97 Å². The Morgan fingerprint density at radius 2 is 1.81 bits per heavy atom. The lowest BCUT2D eigenvalue weighted by Gasteiger charge is -2.12. The second-order valence-corrected chi connectivity index (χ2v) is 6.51. The number of amides is 1. The van der Waals surface area contributed by atoms with E-state index < -0.39 is 18.0 Å². The molecular formula is C20H18BrNO4. The first-order chi connectivity index (χ1) is 12.3. The summed E-state index contributed by atoms with van der Waals surface area (Å²) in [4.78, 5) is 35.2. The van der Waals surface area contributed by atoms with E-state index in [2.05, 4.69) is 21.2 Å². The third-order valence-electron chi connectivity index (χ3n) is 3.48. The van der Waals surface area contributed by atoms with E-state index in [0.717, 1.165) is 10.0 Å². The fraction of sp³-hybridized carbons (Fsp3) is 0.150. The van der Waals surface area contributed by atoms with Gasteiger partial charge in [-0.05, 0) is 61.9 Å². The first-order valence-corrected chi connectivity index (χ1v) is 8.70. The van der Waals surface area contributed by atoms with Crippen LogP contribution in [0.5, 0.6) is 0 Å². The van der Waals surface area contributed by atoms with Crippen LogP contribution < -0.4 is 5.32 Å². The Labute approximate surface area is 160 Å². The number of esters is 1. The molecule has 0 fully saturated rings. The van der Waals surface area contributed by atoms with E-state index in [0.29, 0.717) is 11.3 Å². The average Bonchev–Trinajstić information content (AvgIpc) is 2.60. The molecule has 134 valence electrons. The van der Waals surface area contributed by atoms with Crippen LogP contribution in [0, 0.1) is 0 Å². The molecule has 0 aliphatic rings. The van der Waals surface area contributed by atoms with Gasteiger partial charge in [-0.2, -0.15) is 0 Å². The van der Waals surface area contributed by atoms with Gasteiger partial charge in [0.05, 0.1) is 0 Å². The van der Waals surface area contributed by atoms with Crippen LogP contribution in [0.4, 0.5) is 5.69 Å². The van der Waals surface area contributed by atoms with E-state index in [-0.39, 0.29) is 5.78 Å². The Bertz CT molecular complexity index is 843. The Hall–Kier alpha value is -2.73. The van der Waals surface area contributed by atoms with Gasteiger partial charge in [0.25, 0.3) is 5.91 Å². The van der Waals surface area contributed by atoms with Gasteiger partial charge in [-0.25, -0.2) is 4.79 Å². The van der Waals surface area contributed by atoms with Crippen molar-refractivity contribution in [3.8, 4) is 0 Å². The molecule has 0 unspecified atom stereocenters. The summed E-state index contributed by atoms with van der Waals surface area (Å²) < 4.78 is 5.99. The maximum absolute atomic E-state index is 12.1. The van der Waals surface area contributed by atoms with Crippen LogP contribution in [0.15, 0.2) is 59.1 Å². The van der Waals surface area contributed by atoms with E-state index >= 15 is 0 Å². The molecule has 2 aromatic rings. The Morgan fingerprint density at radius 3 is 2.42 bits per heavy atom. The maximum atomic E-state index is 12.1. The second-order valence-electron chi connectivity index (χ2n) is 5.59. The lowest BCUT2D eigenvalue weighted by atomic mass is 10.1. The first kappa shape index (κ1) is 19.6. The SMILES string of the molecule is CC(=O)c1ccc(NC(=O)[C@H](C)OC(=O)/C=C/c2cccc(Br)c2)cc1. The monoisotopic (exact) mass is 415 g/mol. The highest BCUT2D eigenvalue weighted by Gasteiger charge is 2.16. The van der Waals surface area contributed by atoms with Crippen molar-refractivity contribution in [1.82, 2.24) is 0 Å². The van der Waals surface area contributed by atoms with E-state index in [1.165, 1.54) is 19.9 Å². The highest BCUT2D eigenvalue weighted by molar-refractivity contribution is 9.10. The Kier molecular flexibility index (Phi) is 6.86. The van der Waals surface area contributed by atoms with Crippen molar-refractivity contribution in [2.45, 2.75) is 20.0 Å². The summed E-state index contributed by atoms with van der Waals surface area (Å²) in [5.74, 6) is -1.12. The summed E-state index contributed by atoms with van der Waals surface area (Å²) in [5, 5.41) is 2.64. The molecule has 0 bridgehead atoms. The van der Waals surface area contributed by atoms with Gasteiger partial charge in [0.2, 0.25) is 0 Å². The fourth-order valence-corrected chi connectivity index (χ4v) is 2.49. The van der Waals surface area contributed by atoms with Crippen molar-refractivity contribution >= 4 is 45.4 Å². The molecule has 0 aliphatic heterocycles. The molecule has 1 N–H and O–H groups in total. The molecule has 0 saturated heterocycles. The lowest BCUT2D eigenvalue weighted by molar-refractivity contribution is -0.148. The molecule has 0 aromatic heterocycles. The van der Waals surface area contributed by atoms with Gasteiger partial charge in [-0.1, -0.05) is 28.1 Å². The molecule has 6 heteroatoms. The highest BCUT2D eigenvalue weighted by atomic mass is 79.9. The third kappa shape index (κ3) is 5.97. The zero-order chi connectivity index (χ0) is 19.1. The van der Waals surface area contributed by atoms with E-state index in [1.807, 2.05) is 24.3 Å². The number of carbonyl (C=O) groups excluding carboxylic acids is 3. The molecule has 2 rings (SSSR count). The highest BCUT2D eigenvalue weighted by Crippen LogP contribution is 2.13. The molecule has 0 spiro atoms. The standard InChI is InChI=1S/C20H18BrNO4/c1-13(23)16-7-9-18(10-8-16)22-20(25)14(2)26-19(24)11-6-15-4-3-5-17(21)12-15/h3-12,14H,1-2H3,(H,22,25)/b11-6+/t14-/m0/s1. The van der Waals surface area contributed by atoms with Gasteiger partial charge in [0.1, 0.15) is 0 Å². The van der Waals surface area contributed by atoms with Crippen LogP contribution in [0.2, 0.25) is 0 Å². The van der Waals surface area contributed by atoms with Crippen LogP contribution in [0.1, 0.15) is 29.8 Å². The summed E-state index contributed by atoms with van der Waals surface area (Å²) in [7, 11) is 0. The number of hydrogen-bond acceptors (Lipinski definition) is 4. The largest absolute Gasteiger partial charge is 0.449 e. The molecule has 1 amide bonds. The Balaban J connectivity index is 1.89.